The molecule has 0 aliphatic carbocycles. The van der Waals surface area contributed by atoms with Gasteiger partial charge in [0, 0.05) is 10.6 Å². The molecule has 0 N–H and O–H groups in total. The fourth-order valence-corrected chi connectivity index (χ4v) is 6.16. The quantitative estimate of drug-likeness (QED) is 0.136. The highest BCUT2D eigenvalue weighted by atomic mass is 127. The highest BCUT2D eigenvalue weighted by molar-refractivity contribution is 14.1. The number of amidine groups is 1. The molecule has 5 nitrogen and oxygen atoms in total. The summed E-state index contributed by atoms with van der Waals surface area (Å²) in [6, 6.07) is 27.3. The lowest BCUT2D eigenvalue weighted by Crippen LogP contribution is -2.28. The topological polar surface area (TPSA) is 51.1 Å². The van der Waals surface area contributed by atoms with E-state index in [1.165, 1.54) is 11.8 Å². The highest BCUT2D eigenvalue weighted by Gasteiger charge is 2.35. The summed E-state index contributed by atoms with van der Waals surface area (Å²) in [7, 11) is 0. The first-order valence-electron chi connectivity index (χ1n) is 13.1. The van der Waals surface area contributed by atoms with Crippen molar-refractivity contribution in [1.82, 2.24) is 0 Å². The van der Waals surface area contributed by atoms with Crippen LogP contribution in [0.4, 0.5) is 11.4 Å². The number of anilines is 1. The van der Waals surface area contributed by atoms with Crippen LogP contribution in [0.3, 0.4) is 0 Å². The summed E-state index contributed by atoms with van der Waals surface area (Å²) in [5.41, 5.74) is 5.56. The van der Waals surface area contributed by atoms with Crippen LogP contribution in [0.1, 0.15) is 29.2 Å². The molecule has 0 aromatic heterocycles. The zero-order chi connectivity index (χ0) is 28.9. The molecule has 1 fully saturated rings. The molecule has 41 heavy (non-hydrogen) atoms. The normalized spacial score (nSPS) is 15.1. The molecule has 4 aromatic rings. The van der Waals surface area contributed by atoms with Crippen LogP contribution < -0.4 is 14.4 Å². The van der Waals surface area contributed by atoms with Gasteiger partial charge in [-0.1, -0.05) is 65.2 Å². The van der Waals surface area contributed by atoms with Gasteiger partial charge < -0.3 is 9.47 Å². The van der Waals surface area contributed by atoms with Gasteiger partial charge in [-0.15, -0.1) is 0 Å². The SMILES string of the molecule is CCOc1cc(/C=C2\SC(=Nc3ccc(C)cc3)N(c3ccc(C)cc3)C2=O)cc(I)c1OCc1ccccc1Cl. The molecule has 5 rings (SSSR count). The Kier molecular flexibility index (Phi) is 9.37. The Labute approximate surface area is 263 Å². The van der Waals surface area contributed by atoms with E-state index in [0.29, 0.717) is 39.8 Å². The van der Waals surface area contributed by atoms with Crippen LogP contribution in [-0.2, 0) is 11.4 Å². The summed E-state index contributed by atoms with van der Waals surface area (Å²) in [6.07, 6.45) is 1.88. The Balaban J connectivity index is 1.49. The molecule has 8 heteroatoms. The van der Waals surface area contributed by atoms with Crippen molar-refractivity contribution >= 4 is 74.5 Å². The summed E-state index contributed by atoms with van der Waals surface area (Å²) < 4.78 is 13.0. The van der Waals surface area contributed by atoms with Gasteiger partial charge in [-0.2, -0.15) is 0 Å². The minimum absolute atomic E-state index is 0.128. The Morgan fingerprint density at radius 2 is 1.63 bits per heavy atom. The number of nitrogens with zero attached hydrogens (tertiary/aromatic N) is 2. The van der Waals surface area contributed by atoms with Crippen molar-refractivity contribution in [3.05, 3.63) is 121 Å². The molecular formula is C33H28ClIN2O3S. The van der Waals surface area contributed by atoms with E-state index in [0.717, 1.165) is 37.2 Å². The van der Waals surface area contributed by atoms with E-state index in [4.69, 9.17) is 26.1 Å². The molecule has 1 aliphatic heterocycles. The standard InChI is InChI=1S/C33H28ClIN2O3S/c1-4-39-29-18-23(17-28(35)31(29)40-20-24-7-5-6-8-27(24)34)19-30-32(38)37(26-15-11-22(3)12-16-26)33(41-30)36-25-13-9-21(2)10-14-25/h5-19H,4,20H2,1-3H3/b30-19-,36-33?. The zero-order valence-corrected chi connectivity index (χ0v) is 26.6. The molecule has 208 valence electrons. The number of benzene rings is 4. The third-order valence-electron chi connectivity index (χ3n) is 6.32. The first-order valence-corrected chi connectivity index (χ1v) is 15.4. The minimum atomic E-state index is -0.128. The monoisotopic (exact) mass is 694 g/mol. The van der Waals surface area contributed by atoms with Crippen molar-refractivity contribution < 1.29 is 14.3 Å². The lowest BCUT2D eigenvalue weighted by atomic mass is 10.1. The number of hydrogen-bond acceptors (Lipinski definition) is 5. The van der Waals surface area contributed by atoms with E-state index < -0.39 is 0 Å². The summed E-state index contributed by atoms with van der Waals surface area (Å²) in [5, 5.41) is 1.26. The average molecular weight is 695 g/mol. The highest BCUT2D eigenvalue weighted by Crippen LogP contribution is 2.40. The number of carbonyl (C=O) groups excluding carboxylic acids is 1. The van der Waals surface area contributed by atoms with Gasteiger partial charge in [0.05, 0.1) is 26.5 Å². The van der Waals surface area contributed by atoms with Crippen molar-refractivity contribution in [3.8, 4) is 11.5 Å². The Morgan fingerprint density at radius 1 is 0.951 bits per heavy atom. The number of aliphatic imine (C=N–C) groups is 1. The van der Waals surface area contributed by atoms with E-state index in [9.17, 15) is 4.79 Å². The maximum absolute atomic E-state index is 13.8. The predicted molar refractivity (Wildman–Crippen MR) is 179 cm³/mol. The molecule has 0 unspecified atom stereocenters. The van der Waals surface area contributed by atoms with Crippen LogP contribution in [0.2, 0.25) is 5.02 Å². The van der Waals surface area contributed by atoms with Gasteiger partial charge in [0.15, 0.2) is 16.7 Å². The van der Waals surface area contributed by atoms with Crippen LogP contribution in [-0.4, -0.2) is 17.7 Å². The van der Waals surface area contributed by atoms with E-state index in [1.807, 2.05) is 112 Å². The van der Waals surface area contributed by atoms with Crippen molar-refractivity contribution in [2.75, 3.05) is 11.5 Å². The third-order valence-corrected chi connectivity index (χ3v) is 8.46. The molecule has 4 aromatic carbocycles. The van der Waals surface area contributed by atoms with Crippen molar-refractivity contribution in [2.45, 2.75) is 27.4 Å². The summed E-state index contributed by atoms with van der Waals surface area (Å²) in [6.45, 7) is 6.78. The molecule has 1 saturated heterocycles. The van der Waals surface area contributed by atoms with E-state index in [1.54, 1.807) is 4.90 Å². The summed E-state index contributed by atoms with van der Waals surface area (Å²) >= 11 is 9.93. The maximum atomic E-state index is 13.8. The van der Waals surface area contributed by atoms with Crippen LogP contribution in [0.5, 0.6) is 11.5 Å². The summed E-state index contributed by atoms with van der Waals surface area (Å²) in [4.78, 5) is 20.9. The Hall–Kier alpha value is -3.27. The van der Waals surface area contributed by atoms with Crippen LogP contribution in [0.15, 0.2) is 94.8 Å². The third kappa shape index (κ3) is 6.97. The predicted octanol–water partition coefficient (Wildman–Crippen LogP) is 9.35. The van der Waals surface area contributed by atoms with Gasteiger partial charge in [0.2, 0.25) is 0 Å². The largest absolute Gasteiger partial charge is 0.490 e. The number of ether oxygens (including phenoxy) is 2. The average Bonchev–Trinajstić information content (AvgIpc) is 3.25. The second-order valence-corrected chi connectivity index (χ2v) is 12.0. The summed E-state index contributed by atoms with van der Waals surface area (Å²) in [5.74, 6) is 1.12. The smallest absolute Gasteiger partial charge is 0.271 e. The Morgan fingerprint density at radius 3 is 2.32 bits per heavy atom. The molecule has 1 amide bonds. The second kappa shape index (κ2) is 13.1. The number of aryl methyl sites for hydroxylation is 2. The van der Waals surface area contributed by atoms with Crippen LogP contribution in [0, 0.1) is 17.4 Å². The number of thioether (sulfide) groups is 1. The molecule has 0 radical (unpaired) electrons. The van der Waals surface area contributed by atoms with Crippen LogP contribution in [0.25, 0.3) is 6.08 Å². The number of rotatable bonds is 8. The fourth-order valence-electron chi connectivity index (χ4n) is 4.19. The first kappa shape index (κ1) is 29.2. The molecule has 1 heterocycles. The number of hydrogen-bond donors (Lipinski definition) is 0. The minimum Gasteiger partial charge on any atom is -0.490 e. The van der Waals surface area contributed by atoms with E-state index in [-0.39, 0.29) is 5.91 Å². The van der Waals surface area contributed by atoms with Gasteiger partial charge in [-0.3, -0.25) is 9.69 Å². The van der Waals surface area contributed by atoms with Gasteiger partial charge in [-0.05, 0) is 109 Å². The number of carbonyl (C=O) groups is 1. The molecular weight excluding hydrogens is 667 g/mol. The maximum Gasteiger partial charge on any atom is 0.271 e. The number of halogens is 2. The zero-order valence-electron chi connectivity index (χ0n) is 22.9. The Bertz CT molecular complexity index is 1640. The molecule has 0 atom stereocenters. The van der Waals surface area contributed by atoms with Crippen molar-refractivity contribution in [1.29, 1.82) is 0 Å². The van der Waals surface area contributed by atoms with Gasteiger partial charge >= 0.3 is 0 Å². The molecule has 1 aliphatic rings. The van der Waals surface area contributed by atoms with Crippen molar-refractivity contribution in [3.63, 3.8) is 0 Å². The van der Waals surface area contributed by atoms with Gasteiger partial charge in [0.1, 0.15) is 6.61 Å². The van der Waals surface area contributed by atoms with Gasteiger partial charge in [-0.25, -0.2) is 4.99 Å². The van der Waals surface area contributed by atoms with Gasteiger partial charge in [0.25, 0.3) is 5.91 Å². The number of amides is 1. The lowest BCUT2D eigenvalue weighted by Gasteiger charge is -2.16. The van der Waals surface area contributed by atoms with Crippen LogP contribution >= 0.6 is 46.0 Å². The lowest BCUT2D eigenvalue weighted by molar-refractivity contribution is -0.113. The first-order chi connectivity index (χ1) is 19.8. The second-order valence-electron chi connectivity index (χ2n) is 9.46. The molecule has 0 bridgehead atoms. The fraction of sp³-hybridized carbons (Fsp3) is 0.152. The van der Waals surface area contributed by atoms with Crippen molar-refractivity contribution in [2.24, 2.45) is 4.99 Å². The molecule has 0 spiro atoms. The van der Waals surface area contributed by atoms with E-state index >= 15 is 0 Å². The van der Waals surface area contributed by atoms with E-state index in [2.05, 4.69) is 22.6 Å². The molecule has 0 saturated carbocycles.